The van der Waals surface area contributed by atoms with E-state index in [0.717, 1.165) is 61.7 Å². The summed E-state index contributed by atoms with van der Waals surface area (Å²) in [4.78, 5) is 14.3. The first-order chi connectivity index (χ1) is 27.1. The molecule has 4 nitrogen and oxygen atoms in total. The van der Waals surface area contributed by atoms with E-state index >= 15 is 0 Å². The number of hydrogen-bond acceptors (Lipinski definition) is 2. The minimum Gasteiger partial charge on any atom is -0.355 e. The molecule has 57 heavy (non-hydrogen) atoms. The van der Waals surface area contributed by atoms with Gasteiger partial charge in [-0.2, -0.15) is 0 Å². The van der Waals surface area contributed by atoms with Crippen LogP contribution in [-0.2, 0) is 16.8 Å². The fourth-order valence-corrected chi connectivity index (χ4v) is 8.39. The predicted molar refractivity (Wildman–Crippen MR) is 238 cm³/mol. The average molecular weight is 786 g/mol. The number of aromatic amines is 1. The van der Waals surface area contributed by atoms with Crippen LogP contribution in [0.2, 0.25) is 0 Å². The van der Waals surface area contributed by atoms with Crippen molar-refractivity contribution in [2.75, 3.05) is 0 Å². The van der Waals surface area contributed by atoms with Gasteiger partial charge < -0.3 is 9.55 Å². The normalized spacial score (nSPS) is 11.9. The Kier molecular flexibility index (Phi) is 9.85. The molecule has 1 N–H and O–H groups in total. The van der Waals surface area contributed by atoms with E-state index in [1.54, 1.807) is 0 Å². The number of aryl methyl sites for hydroxylation is 4. The second-order valence-electron chi connectivity index (χ2n) is 15.5. The molecule has 0 saturated heterocycles. The van der Waals surface area contributed by atoms with Gasteiger partial charge in [-0.1, -0.05) is 66.7 Å². The molecule has 283 valence electrons. The third-order valence-electron chi connectivity index (χ3n) is 12.1. The monoisotopic (exact) mass is 785 g/mol. The number of rotatable bonds is 4. The molecule has 3 aromatic heterocycles. The third kappa shape index (κ3) is 6.51. The van der Waals surface area contributed by atoms with Crippen molar-refractivity contribution in [2.24, 2.45) is 0 Å². The summed E-state index contributed by atoms with van der Waals surface area (Å²) >= 11 is 0. The molecular weight excluding hydrogens is 740 g/mol. The standard InChI is InChI=1S/C52H46N4.Co/c1-30-13-9-17-43(34(30)5)49-46-26-25-41(55-46)28-40-22-21-38(53-40)27-39-23-24-42(54-39)29-48-50(44-18-10-14-31(2)35(44)6)51(45-19-11-15-32(3)36(45)7)52(49)56(48)47-20-12-16-33(4)37(47)8;/h9-29,53H,1-8H3;. The molecule has 7 aromatic rings. The number of hydrogen-bond donors (Lipinski definition) is 1. The van der Waals surface area contributed by atoms with Crippen LogP contribution < -0.4 is 0 Å². The van der Waals surface area contributed by atoms with E-state index in [1.165, 1.54) is 66.8 Å². The molecule has 1 radical (unpaired) electrons. The Labute approximate surface area is 345 Å². The van der Waals surface area contributed by atoms with Crippen molar-refractivity contribution in [1.82, 2.24) is 19.5 Å². The molecule has 5 heteroatoms. The number of nitrogens with zero attached hydrogens (tertiary/aromatic N) is 3. The summed E-state index contributed by atoms with van der Waals surface area (Å²) in [7, 11) is 0. The molecule has 0 amide bonds. The first-order valence-corrected chi connectivity index (χ1v) is 19.5. The van der Waals surface area contributed by atoms with Gasteiger partial charge in [0.25, 0.3) is 0 Å². The number of benzene rings is 4. The van der Waals surface area contributed by atoms with E-state index < -0.39 is 0 Å². The fraction of sp³-hybridized carbons (Fsp3) is 0.154. The Morgan fingerprint density at radius 3 is 1.47 bits per heavy atom. The number of aromatic nitrogens is 4. The summed E-state index contributed by atoms with van der Waals surface area (Å²) in [5.41, 5.74) is 25.9. The van der Waals surface area contributed by atoms with Crippen molar-refractivity contribution < 1.29 is 16.8 Å². The minimum atomic E-state index is 0. The van der Waals surface area contributed by atoms with Crippen molar-refractivity contribution in [3.05, 3.63) is 170 Å². The quantitative estimate of drug-likeness (QED) is 0.193. The fourth-order valence-electron chi connectivity index (χ4n) is 8.39. The maximum atomic E-state index is 5.47. The Balaban J connectivity index is 0.00000455. The van der Waals surface area contributed by atoms with Crippen LogP contribution in [0.15, 0.2) is 103 Å². The Bertz CT molecular complexity index is 3010. The zero-order chi connectivity index (χ0) is 38.8. The number of fused-ring (bicyclic) bond motifs is 8. The van der Waals surface area contributed by atoms with E-state index in [2.05, 4.69) is 192 Å². The molecule has 2 aliphatic heterocycles. The van der Waals surface area contributed by atoms with Crippen LogP contribution in [-0.4, -0.2) is 19.5 Å². The first-order valence-electron chi connectivity index (χ1n) is 19.5. The third-order valence-corrected chi connectivity index (χ3v) is 12.1. The smallest absolute Gasteiger partial charge is 0.0737 e. The molecule has 0 aliphatic carbocycles. The second kappa shape index (κ2) is 14.8. The zero-order valence-corrected chi connectivity index (χ0v) is 34.8. The van der Waals surface area contributed by atoms with Crippen molar-refractivity contribution in [1.29, 1.82) is 0 Å². The maximum Gasteiger partial charge on any atom is 0.0737 e. The summed E-state index contributed by atoms with van der Waals surface area (Å²) in [5, 5.41) is 0. The van der Waals surface area contributed by atoms with E-state index in [1.807, 2.05) is 0 Å². The zero-order valence-electron chi connectivity index (χ0n) is 33.8. The predicted octanol–water partition coefficient (Wildman–Crippen LogP) is 13.6. The van der Waals surface area contributed by atoms with Gasteiger partial charge in [-0.3, -0.25) is 0 Å². The molecule has 0 spiro atoms. The molecule has 0 unspecified atom stereocenters. The van der Waals surface area contributed by atoms with Crippen LogP contribution in [0.1, 0.15) is 67.3 Å². The Morgan fingerprint density at radius 1 is 0.439 bits per heavy atom. The largest absolute Gasteiger partial charge is 0.355 e. The maximum absolute atomic E-state index is 5.47. The van der Waals surface area contributed by atoms with E-state index in [0.29, 0.717) is 0 Å². The van der Waals surface area contributed by atoms with Gasteiger partial charge >= 0.3 is 0 Å². The van der Waals surface area contributed by atoms with Crippen LogP contribution >= 0.6 is 0 Å². The van der Waals surface area contributed by atoms with Crippen LogP contribution in [0.5, 0.6) is 0 Å². The molecular formula is C52H46CoN4. The Morgan fingerprint density at radius 2 is 0.895 bits per heavy atom. The summed E-state index contributed by atoms with van der Waals surface area (Å²) in [6.07, 6.45) is 8.61. The molecule has 2 aliphatic rings. The van der Waals surface area contributed by atoms with E-state index in [-0.39, 0.29) is 16.8 Å². The second-order valence-corrected chi connectivity index (χ2v) is 15.5. The van der Waals surface area contributed by atoms with E-state index in [4.69, 9.17) is 9.97 Å². The minimum absolute atomic E-state index is 0. The van der Waals surface area contributed by atoms with Crippen molar-refractivity contribution in [2.45, 2.75) is 55.4 Å². The van der Waals surface area contributed by atoms with Crippen molar-refractivity contribution in [3.63, 3.8) is 0 Å². The van der Waals surface area contributed by atoms with Gasteiger partial charge in [0, 0.05) is 50.2 Å². The van der Waals surface area contributed by atoms with Gasteiger partial charge in [0.1, 0.15) is 0 Å². The van der Waals surface area contributed by atoms with Gasteiger partial charge in [0.2, 0.25) is 0 Å². The van der Waals surface area contributed by atoms with E-state index in [9.17, 15) is 0 Å². The molecule has 9 rings (SSSR count). The molecule has 4 aromatic carbocycles. The SMILES string of the molecule is Cc1cccc(-c2c(-c3cccc(C)c3C)c3c(-c4cccc(C)c4C)c4nc(cc5ccc(cc6nc(cc2n3-c2cccc(C)c2C)C=C6)[nH]5)C=C4)c1C.[Co]. The first kappa shape index (κ1) is 37.9. The van der Waals surface area contributed by atoms with Crippen LogP contribution in [0.25, 0.3) is 85.4 Å². The molecule has 0 saturated carbocycles. The summed E-state index contributed by atoms with van der Waals surface area (Å²) < 4.78 is 2.53. The van der Waals surface area contributed by atoms with Crippen molar-refractivity contribution >= 4 is 46.4 Å². The Hall–Kier alpha value is -6.01. The molecule has 0 atom stereocenters. The summed E-state index contributed by atoms with van der Waals surface area (Å²) in [6.45, 7) is 17.9. The molecule has 5 heterocycles. The molecule has 8 bridgehead atoms. The van der Waals surface area contributed by atoms with Gasteiger partial charge in [0.05, 0.1) is 33.8 Å². The topological polar surface area (TPSA) is 46.5 Å². The van der Waals surface area contributed by atoms with Crippen LogP contribution in [0.3, 0.4) is 0 Å². The summed E-state index contributed by atoms with van der Waals surface area (Å²) in [5.74, 6) is 0. The van der Waals surface area contributed by atoms with Gasteiger partial charge in [-0.15, -0.1) is 0 Å². The van der Waals surface area contributed by atoms with Gasteiger partial charge in [0.15, 0.2) is 0 Å². The van der Waals surface area contributed by atoms with Crippen molar-refractivity contribution in [3.8, 4) is 39.1 Å². The van der Waals surface area contributed by atoms with Gasteiger partial charge in [-0.05, 0) is 177 Å². The van der Waals surface area contributed by atoms with Gasteiger partial charge in [-0.25, -0.2) is 9.97 Å². The summed E-state index contributed by atoms with van der Waals surface area (Å²) in [6, 6.07) is 37.6. The number of nitrogens with one attached hydrogen (secondary N) is 1. The average Bonchev–Trinajstić information content (AvgIpc) is 3.99. The molecule has 0 fully saturated rings. The number of H-pyrrole nitrogens is 1. The van der Waals surface area contributed by atoms with Crippen LogP contribution in [0.4, 0.5) is 0 Å². The van der Waals surface area contributed by atoms with Crippen LogP contribution in [0, 0.1) is 55.4 Å².